The average Bonchev–Trinajstić information content (AvgIpc) is 3.24. The number of nitrogens with zero attached hydrogens (tertiary/aromatic N) is 2. The molecule has 0 aromatic carbocycles. The number of aliphatic hydroxyl groups excluding tert-OH is 1. The van der Waals surface area contributed by atoms with E-state index in [1.165, 1.54) is 34.9 Å². The van der Waals surface area contributed by atoms with E-state index in [-0.39, 0.29) is 35.5 Å². The molecule has 0 radical (unpaired) electrons. The number of thioether (sulfide) groups is 1. The first kappa shape index (κ1) is 23.3. The molecule has 30 heavy (non-hydrogen) atoms. The maximum Gasteiger partial charge on any atom is 0.410 e. The Morgan fingerprint density at radius 3 is 2.87 bits per heavy atom. The Labute approximate surface area is 186 Å². The van der Waals surface area contributed by atoms with Gasteiger partial charge in [0, 0.05) is 17.7 Å². The molecule has 1 aromatic rings. The number of aliphatic hydroxyl groups is 1. The third-order valence-corrected chi connectivity index (χ3v) is 8.54. The first-order chi connectivity index (χ1) is 14.4. The second kappa shape index (κ2) is 10.3. The van der Waals surface area contributed by atoms with Crippen LogP contribution in [-0.2, 0) is 4.74 Å². The van der Waals surface area contributed by atoms with Crippen molar-refractivity contribution in [1.82, 2.24) is 9.88 Å². The average molecular weight is 457 g/mol. The molecule has 1 aliphatic heterocycles. The summed E-state index contributed by atoms with van der Waals surface area (Å²) in [6.07, 6.45) is 7.41. The molecule has 9 heteroatoms. The van der Waals surface area contributed by atoms with E-state index in [2.05, 4.69) is 11.9 Å². The van der Waals surface area contributed by atoms with Gasteiger partial charge in [-0.25, -0.2) is 14.6 Å². The van der Waals surface area contributed by atoms with Crippen LogP contribution in [0.15, 0.2) is 9.72 Å². The molecule has 3 rings (SSSR count). The van der Waals surface area contributed by atoms with Crippen molar-refractivity contribution in [1.29, 1.82) is 0 Å². The van der Waals surface area contributed by atoms with Crippen molar-refractivity contribution in [3.63, 3.8) is 0 Å². The lowest BCUT2D eigenvalue weighted by Crippen LogP contribution is -2.43. The van der Waals surface area contributed by atoms with Gasteiger partial charge in [-0.3, -0.25) is 0 Å². The number of cyclic esters (lactones) is 1. The van der Waals surface area contributed by atoms with Crippen LogP contribution in [0.4, 0.5) is 4.79 Å². The van der Waals surface area contributed by atoms with Gasteiger partial charge >= 0.3 is 12.1 Å². The Bertz CT molecular complexity index is 737. The van der Waals surface area contributed by atoms with Crippen LogP contribution in [0.25, 0.3) is 0 Å². The third kappa shape index (κ3) is 5.29. The molecule has 3 atom stereocenters. The van der Waals surface area contributed by atoms with Crippen molar-refractivity contribution in [3.05, 3.63) is 11.1 Å². The molecule has 2 heterocycles. The number of rotatable bonds is 12. The van der Waals surface area contributed by atoms with Gasteiger partial charge < -0.3 is 19.8 Å². The first-order valence-corrected chi connectivity index (χ1v) is 12.7. The Morgan fingerprint density at radius 1 is 1.50 bits per heavy atom. The standard InChI is InChI=1S/C21H32N2O5S2/c1-3-4-8-21(9-5-10-21)17(24)7-6-16-14(2)28-20(27)23(16)11-12-29-19-22-15(13-30-19)18(25)26/h13-14,16-17,24H,3-12H2,1-2H3,(H,25,26)/t14-,16-,17?/m0/s1. The summed E-state index contributed by atoms with van der Waals surface area (Å²) in [5.74, 6) is -0.412. The molecule has 1 unspecified atom stereocenters. The molecule has 0 bridgehead atoms. The fourth-order valence-electron chi connectivity index (χ4n) is 4.54. The van der Waals surface area contributed by atoms with Gasteiger partial charge in [0.1, 0.15) is 6.10 Å². The summed E-state index contributed by atoms with van der Waals surface area (Å²) in [6.45, 7) is 4.61. The van der Waals surface area contributed by atoms with Crippen LogP contribution >= 0.6 is 23.1 Å². The Morgan fingerprint density at radius 2 is 2.27 bits per heavy atom. The van der Waals surface area contributed by atoms with E-state index in [4.69, 9.17) is 9.84 Å². The zero-order valence-corrected chi connectivity index (χ0v) is 19.3. The number of unbranched alkanes of at least 4 members (excludes halogenated alkanes) is 1. The van der Waals surface area contributed by atoms with Crippen molar-refractivity contribution in [3.8, 4) is 0 Å². The Kier molecular flexibility index (Phi) is 8.04. The van der Waals surface area contributed by atoms with Crippen LogP contribution in [0.1, 0.15) is 75.7 Å². The summed E-state index contributed by atoms with van der Waals surface area (Å²) in [5.41, 5.74) is 0.132. The minimum absolute atomic E-state index is 0.0399. The van der Waals surface area contributed by atoms with Crippen LogP contribution in [0.3, 0.4) is 0 Å². The molecule has 2 fully saturated rings. The largest absolute Gasteiger partial charge is 0.476 e. The summed E-state index contributed by atoms with van der Waals surface area (Å²) >= 11 is 2.74. The van der Waals surface area contributed by atoms with Crippen molar-refractivity contribution in [2.45, 2.75) is 87.8 Å². The monoisotopic (exact) mass is 456 g/mol. The highest BCUT2D eigenvalue weighted by molar-refractivity contribution is 8.01. The molecule has 1 aromatic heterocycles. The lowest BCUT2D eigenvalue weighted by atomic mass is 9.61. The lowest BCUT2D eigenvalue weighted by Gasteiger charge is -2.46. The minimum Gasteiger partial charge on any atom is -0.476 e. The Balaban J connectivity index is 1.51. The fraction of sp³-hybridized carbons (Fsp3) is 0.762. The quantitative estimate of drug-likeness (QED) is 0.442. The van der Waals surface area contributed by atoms with Gasteiger partial charge in [0.25, 0.3) is 0 Å². The lowest BCUT2D eigenvalue weighted by molar-refractivity contribution is -0.0503. The van der Waals surface area contributed by atoms with Gasteiger partial charge in [0.05, 0.1) is 12.1 Å². The number of carboxylic acids is 1. The molecule has 1 aliphatic carbocycles. The summed E-state index contributed by atoms with van der Waals surface area (Å²) in [6, 6.07) is -0.0399. The topological polar surface area (TPSA) is 100.0 Å². The predicted octanol–water partition coefficient (Wildman–Crippen LogP) is 4.64. The van der Waals surface area contributed by atoms with Gasteiger partial charge in [0.15, 0.2) is 10.0 Å². The number of thiazole rings is 1. The summed E-state index contributed by atoms with van der Waals surface area (Å²) in [4.78, 5) is 29.1. The van der Waals surface area contributed by atoms with Crippen LogP contribution in [0, 0.1) is 5.41 Å². The number of carboxylic acid groups (broad SMARTS) is 1. The number of hydrogen-bond donors (Lipinski definition) is 2. The van der Waals surface area contributed by atoms with E-state index >= 15 is 0 Å². The fourth-order valence-corrected chi connectivity index (χ4v) is 6.35. The zero-order chi connectivity index (χ0) is 21.7. The summed E-state index contributed by atoms with van der Waals surface area (Å²) in [5, 5.41) is 21.4. The van der Waals surface area contributed by atoms with Gasteiger partial charge in [0.2, 0.25) is 0 Å². The van der Waals surface area contributed by atoms with Crippen molar-refractivity contribution in [2.24, 2.45) is 5.41 Å². The zero-order valence-electron chi connectivity index (χ0n) is 17.7. The predicted molar refractivity (Wildman–Crippen MR) is 117 cm³/mol. The first-order valence-electron chi connectivity index (χ1n) is 10.8. The summed E-state index contributed by atoms with van der Waals surface area (Å²) in [7, 11) is 0. The van der Waals surface area contributed by atoms with Crippen molar-refractivity contribution >= 4 is 35.2 Å². The maximum atomic E-state index is 12.3. The van der Waals surface area contributed by atoms with E-state index < -0.39 is 5.97 Å². The van der Waals surface area contributed by atoms with Gasteiger partial charge in [-0.1, -0.05) is 37.9 Å². The van der Waals surface area contributed by atoms with Gasteiger partial charge in [-0.05, 0) is 44.4 Å². The number of ether oxygens (including phenoxy) is 1. The number of aromatic carboxylic acids is 1. The van der Waals surface area contributed by atoms with Gasteiger partial charge in [-0.15, -0.1) is 11.3 Å². The van der Waals surface area contributed by atoms with Crippen molar-refractivity contribution < 1.29 is 24.5 Å². The van der Waals surface area contributed by atoms with Crippen LogP contribution in [-0.4, -0.2) is 62.7 Å². The minimum atomic E-state index is -1.03. The second-order valence-corrected chi connectivity index (χ2v) is 10.6. The number of aromatic nitrogens is 1. The SMILES string of the molecule is CCCCC1(C(O)CC[C@H]2[C@H](C)OC(=O)N2CCSc2nc(C(=O)O)cs2)CCC1. The molecule has 1 amide bonds. The molecule has 168 valence electrons. The molecule has 1 saturated heterocycles. The van der Waals surface area contributed by atoms with Crippen LogP contribution < -0.4 is 0 Å². The molecule has 0 spiro atoms. The molecule has 2 N–H and O–H groups in total. The van der Waals surface area contributed by atoms with E-state index in [0.717, 1.165) is 38.5 Å². The number of carbonyl (C=O) groups is 2. The highest BCUT2D eigenvalue weighted by atomic mass is 32.2. The van der Waals surface area contributed by atoms with Crippen LogP contribution in [0.2, 0.25) is 0 Å². The van der Waals surface area contributed by atoms with E-state index in [1.54, 1.807) is 4.90 Å². The normalized spacial score (nSPS) is 23.8. The molecular weight excluding hydrogens is 424 g/mol. The smallest absolute Gasteiger partial charge is 0.410 e. The highest BCUT2D eigenvalue weighted by Gasteiger charge is 2.44. The number of hydrogen-bond acceptors (Lipinski definition) is 7. The third-order valence-electron chi connectivity index (χ3n) is 6.54. The maximum absolute atomic E-state index is 12.3. The highest BCUT2D eigenvalue weighted by Crippen LogP contribution is 2.49. The van der Waals surface area contributed by atoms with Crippen molar-refractivity contribution in [2.75, 3.05) is 12.3 Å². The van der Waals surface area contributed by atoms with E-state index in [1.807, 2.05) is 6.92 Å². The molecule has 2 aliphatic rings. The molecule has 1 saturated carbocycles. The Hall–Kier alpha value is -1.32. The summed E-state index contributed by atoms with van der Waals surface area (Å²) < 4.78 is 6.14. The number of amides is 1. The van der Waals surface area contributed by atoms with Crippen LogP contribution in [0.5, 0.6) is 0 Å². The van der Waals surface area contributed by atoms with Gasteiger partial charge in [-0.2, -0.15) is 0 Å². The molecule has 7 nitrogen and oxygen atoms in total. The number of carbonyl (C=O) groups excluding carboxylic acids is 1. The van der Waals surface area contributed by atoms with E-state index in [0.29, 0.717) is 23.1 Å². The second-order valence-electron chi connectivity index (χ2n) is 8.41. The van der Waals surface area contributed by atoms with E-state index in [9.17, 15) is 14.7 Å². The molecular formula is C21H32N2O5S2.